The van der Waals surface area contributed by atoms with Gasteiger partial charge in [0.25, 0.3) is 5.91 Å². The molecule has 3 nitrogen and oxygen atoms in total. The standard InChI is InChI=1S/C15H17BrN2O/c1-3-6-17-7-9-18(10-8-17)15(19)13-5-4-12(2)11-14(13)16/h1,4-5,11H,6-10H2,2H3. The van der Waals surface area contributed by atoms with Gasteiger partial charge in [-0.25, -0.2) is 0 Å². The molecule has 2 rings (SSSR count). The average molecular weight is 321 g/mol. The topological polar surface area (TPSA) is 23.6 Å². The smallest absolute Gasteiger partial charge is 0.255 e. The maximum atomic E-state index is 12.4. The molecule has 1 aromatic rings. The second-order valence-corrected chi connectivity index (χ2v) is 5.61. The Morgan fingerprint density at radius 1 is 1.37 bits per heavy atom. The molecule has 1 aliphatic heterocycles. The van der Waals surface area contributed by atoms with E-state index in [1.807, 2.05) is 30.0 Å². The Bertz CT molecular complexity index is 513. The first kappa shape index (κ1) is 14.1. The van der Waals surface area contributed by atoms with E-state index < -0.39 is 0 Å². The summed E-state index contributed by atoms with van der Waals surface area (Å²) >= 11 is 3.47. The fraction of sp³-hybridized carbons (Fsp3) is 0.400. The Morgan fingerprint density at radius 3 is 2.63 bits per heavy atom. The number of carbonyl (C=O) groups excluding carboxylic acids is 1. The zero-order valence-corrected chi connectivity index (χ0v) is 12.6. The van der Waals surface area contributed by atoms with Crippen molar-refractivity contribution in [2.75, 3.05) is 32.7 Å². The normalized spacial score (nSPS) is 16.2. The molecule has 1 fully saturated rings. The third-order valence-electron chi connectivity index (χ3n) is 3.33. The van der Waals surface area contributed by atoms with E-state index in [4.69, 9.17) is 6.42 Å². The van der Waals surface area contributed by atoms with Crippen LogP contribution in [0, 0.1) is 19.3 Å². The van der Waals surface area contributed by atoms with Crippen LogP contribution in [-0.2, 0) is 0 Å². The van der Waals surface area contributed by atoms with Crippen molar-refractivity contribution >= 4 is 21.8 Å². The number of benzene rings is 1. The minimum atomic E-state index is 0.0900. The number of nitrogens with zero attached hydrogens (tertiary/aromatic N) is 2. The molecular formula is C15H17BrN2O. The molecule has 0 N–H and O–H groups in total. The van der Waals surface area contributed by atoms with Crippen LogP contribution in [0.1, 0.15) is 15.9 Å². The van der Waals surface area contributed by atoms with E-state index in [2.05, 4.69) is 26.8 Å². The van der Waals surface area contributed by atoms with Crippen LogP contribution in [0.15, 0.2) is 22.7 Å². The van der Waals surface area contributed by atoms with Crippen molar-refractivity contribution in [3.63, 3.8) is 0 Å². The molecule has 19 heavy (non-hydrogen) atoms. The van der Waals surface area contributed by atoms with E-state index in [0.717, 1.165) is 41.8 Å². The number of halogens is 1. The predicted molar refractivity (Wildman–Crippen MR) is 80.1 cm³/mol. The summed E-state index contributed by atoms with van der Waals surface area (Å²) in [5.41, 5.74) is 1.87. The highest BCUT2D eigenvalue weighted by atomic mass is 79.9. The molecule has 0 saturated carbocycles. The van der Waals surface area contributed by atoms with Crippen LogP contribution >= 0.6 is 15.9 Å². The van der Waals surface area contributed by atoms with Crippen LogP contribution in [0.4, 0.5) is 0 Å². The van der Waals surface area contributed by atoms with Crippen molar-refractivity contribution in [1.29, 1.82) is 0 Å². The third-order valence-corrected chi connectivity index (χ3v) is 3.99. The third kappa shape index (κ3) is 3.37. The van der Waals surface area contributed by atoms with Crippen LogP contribution in [0.25, 0.3) is 0 Å². The SMILES string of the molecule is C#CCN1CCN(C(=O)c2ccc(C)cc2Br)CC1. The molecule has 1 saturated heterocycles. The lowest BCUT2D eigenvalue weighted by molar-refractivity contribution is 0.0651. The minimum Gasteiger partial charge on any atom is -0.336 e. The minimum absolute atomic E-state index is 0.0900. The lowest BCUT2D eigenvalue weighted by Gasteiger charge is -2.33. The summed E-state index contributed by atoms with van der Waals surface area (Å²) in [6, 6.07) is 5.82. The molecule has 1 amide bonds. The quantitative estimate of drug-likeness (QED) is 0.779. The maximum Gasteiger partial charge on any atom is 0.255 e. The van der Waals surface area contributed by atoms with Crippen molar-refractivity contribution in [3.8, 4) is 12.3 Å². The molecule has 0 radical (unpaired) electrons. The average Bonchev–Trinajstić information content (AvgIpc) is 2.39. The molecule has 0 spiro atoms. The fourth-order valence-corrected chi connectivity index (χ4v) is 2.86. The molecule has 0 aliphatic carbocycles. The maximum absolute atomic E-state index is 12.4. The van der Waals surface area contributed by atoms with Gasteiger partial charge in [-0.1, -0.05) is 12.0 Å². The zero-order chi connectivity index (χ0) is 13.8. The number of aryl methyl sites for hydroxylation is 1. The lowest BCUT2D eigenvalue weighted by atomic mass is 10.1. The van der Waals surface area contributed by atoms with Crippen molar-refractivity contribution < 1.29 is 4.79 Å². The van der Waals surface area contributed by atoms with Crippen LogP contribution in [0.2, 0.25) is 0 Å². The highest BCUT2D eigenvalue weighted by molar-refractivity contribution is 9.10. The summed E-state index contributed by atoms with van der Waals surface area (Å²) in [6.45, 7) is 5.84. The summed E-state index contributed by atoms with van der Waals surface area (Å²) in [5.74, 6) is 2.73. The number of terminal acetylenes is 1. The van der Waals surface area contributed by atoms with Crippen molar-refractivity contribution in [2.24, 2.45) is 0 Å². The van der Waals surface area contributed by atoms with Gasteiger partial charge in [0.1, 0.15) is 0 Å². The van der Waals surface area contributed by atoms with E-state index in [1.54, 1.807) is 0 Å². The Hall–Kier alpha value is -1.31. The Balaban J connectivity index is 2.03. The summed E-state index contributed by atoms with van der Waals surface area (Å²) in [7, 11) is 0. The molecule has 1 heterocycles. The first-order valence-corrected chi connectivity index (χ1v) is 7.12. The molecule has 0 unspecified atom stereocenters. The van der Waals surface area contributed by atoms with Crippen LogP contribution in [-0.4, -0.2) is 48.4 Å². The Kier molecular flexibility index (Phi) is 4.62. The molecule has 1 aliphatic rings. The first-order chi connectivity index (χ1) is 9.11. The highest BCUT2D eigenvalue weighted by Gasteiger charge is 2.22. The van der Waals surface area contributed by atoms with Gasteiger partial charge in [0.05, 0.1) is 12.1 Å². The zero-order valence-electron chi connectivity index (χ0n) is 11.0. The molecule has 100 valence electrons. The van der Waals surface area contributed by atoms with Gasteiger partial charge in [0.15, 0.2) is 0 Å². The van der Waals surface area contributed by atoms with E-state index >= 15 is 0 Å². The molecular weight excluding hydrogens is 304 g/mol. The summed E-state index contributed by atoms with van der Waals surface area (Å²) in [4.78, 5) is 16.5. The van der Waals surface area contributed by atoms with Crippen molar-refractivity contribution in [3.05, 3.63) is 33.8 Å². The summed E-state index contributed by atoms with van der Waals surface area (Å²) in [5, 5.41) is 0. The van der Waals surface area contributed by atoms with Crippen molar-refractivity contribution in [2.45, 2.75) is 6.92 Å². The lowest BCUT2D eigenvalue weighted by Crippen LogP contribution is -2.48. The monoisotopic (exact) mass is 320 g/mol. The van der Waals surface area contributed by atoms with Gasteiger partial charge in [0, 0.05) is 30.7 Å². The molecule has 0 aromatic heterocycles. The fourth-order valence-electron chi connectivity index (χ4n) is 2.20. The van der Waals surface area contributed by atoms with Gasteiger partial charge in [-0.3, -0.25) is 9.69 Å². The van der Waals surface area contributed by atoms with Gasteiger partial charge in [-0.15, -0.1) is 6.42 Å². The van der Waals surface area contributed by atoms with Gasteiger partial charge < -0.3 is 4.90 Å². The number of carbonyl (C=O) groups is 1. The molecule has 4 heteroatoms. The number of amides is 1. The Labute approximate surface area is 122 Å². The highest BCUT2D eigenvalue weighted by Crippen LogP contribution is 2.20. The second-order valence-electron chi connectivity index (χ2n) is 4.76. The van der Waals surface area contributed by atoms with Gasteiger partial charge in [-0.05, 0) is 40.5 Å². The van der Waals surface area contributed by atoms with E-state index in [0.29, 0.717) is 6.54 Å². The molecule has 0 bridgehead atoms. The van der Waals surface area contributed by atoms with Crippen LogP contribution in [0.5, 0.6) is 0 Å². The largest absolute Gasteiger partial charge is 0.336 e. The predicted octanol–water partition coefficient (Wildman–Crippen LogP) is 2.15. The van der Waals surface area contributed by atoms with Gasteiger partial charge in [0.2, 0.25) is 0 Å². The molecule has 0 atom stereocenters. The molecule has 1 aromatic carbocycles. The number of piperazine rings is 1. The van der Waals surface area contributed by atoms with E-state index in [9.17, 15) is 4.79 Å². The van der Waals surface area contributed by atoms with E-state index in [1.165, 1.54) is 0 Å². The van der Waals surface area contributed by atoms with Crippen molar-refractivity contribution in [1.82, 2.24) is 9.80 Å². The first-order valence-electron chi connectivity index (χ1n) is 6.33. The Morgan fingerprint density at radius 2 is 2.05 bits per heavy atom. The van der Waals surface area contributed by atoms with Gasteiger partial charge in [-0.2, -0.15) is 0 Å². The van der Waals surface area contributed by atoms with Crippen LogP contribution < -0.4 is 0 Å². The number of rotatable bonds is 2. The summed E-state index contributed by atoms with van der Waals surface area (Å²) in [6.07, 6.45) is 5.30. The number of hydrogen-bond donors (Lipinski definition) is 0. The second kappa shape index (κ2) is 6.23. The van der Waals surface area contributed by atoms with E-state index in [-0.39, 0.29) is 5.91 Å². The summed E-state index contributed by atoms with van der Waals surface area (Å²) < 4.78 is 0.864. The number of hydrogen-bond acceptors (Lipinski definition) is 2. The van der Waals surface area contributed by atoms with Gasteiger partial charge >= 0.3 is 0 Å². The van der Waals surface area contributed by atoms with Crippen LogP contribution in [0.3, 0.4) is 0 Å².